The molecule has 0 atom stereocenters. The molecule has 20 heavy (non-hydrogen) atoms. The van der Waals surface area contributed by atoms with Crippen LogP contribution in [0.4, 0.5) is 4.39 Å². The van der Waals surface area contributed by atoms with Crippen LogP contribution in [0, 0.1) is 12.7 Å². The maximum atomic E-state index is 13.4. The van der Waals surface area contributed by atoms with Gasteiger partial charge < -0.3 is 9.73 Å². The Hall–Kier alpha value is -2.17. The molecule has 106 valence electrons. The Bertz CT molecular complexity index is 581. The highest BCUT2D eigenvalue weighted by Gasteiger charge is 2.06. The number of nitrogens with zero attached hydrogens (tertiary/aromatic N) is 1. The molecular formula is C15H17FN2O2. The second kappa shape index (κ2) is 6.84. The van der Waals surface area contributed by atoms with Crippen molar-refractivity contribution >= 4 is 5.91 Å². The highest BCUT2D eigenvalue weighted by molar-refractivity contribution is 5.76. The molecule has 0 aliphatic rings. The van der Waals surface area contributed by atoms with Crippen molar-refractivity contribution < 1.29 is 13.6 Å². The number of rotatable bonds is 6. The van der Waals surface area contributed by atoms with Gasteiger partial charge in [-0.15, -0.1) is 0 Å². The molecule has 0 unspecified atom stereocenters. The third-order valence-electron chi connectivity index (χ3n) is 2.95. The lowest BCUT2D eigenvalue weighted by atomic mass is 10.1. The fraction of sp³-hybridized carbons (Fsp3) is 0.333. The molecular weight excluding hydrogens is 259 g/mol. The van der Waals surface area contributed by atoms with Crippen LogP contribution in [0.3, 0.4) is 0 Å². The topological polar surface area (TPSA) is 55.1 Å². The minimum Gasteiger partial charge on any atom is -0.449 e. The van der Waals surface area contributed by atoms with Crippen LogP contribution in [0.1, 0.15) is 23.6 Å². The van der Waals surface area contributed by atoms with Crippen LogP contribution in [0.5, 0.6) is 0 Å². The van der Waals surface area contributed by atoms with Crippen molar-refractivity contribution in [2.24, 2.45) is 0 Å². The van der Waals surface area contributed by atoms with E-state index in [4.69, 9.17) is 4.42 Å². The van der Waals surface area contributed by atoms with E-state index in [9.17, 15) is 9.18 Å². The summed E-state index contributed by atoms with van der Waals surface area (Å²) in [6.07, 6.45) is 2.94. The zero-order valence-electron chi connectivity index (χ0n) is 11.4. The molecule has 0 saturated carbocycles. The molecule has 0 radical (unpaired) electrons. The third kappa shape index (κ3) is 4.19. The first kappa shape index (κ1) is 14.2. The molecule has 1 aromatic carbocycles. The summed E-state index contributed by atoms with van der Waals surface area (Å²) in [6, 6.07) is 6.58. The lowest BCUT2D eigenvalue weighted by Gasteiger charge is -2.05. The Morgan fingerprint density at radius 1 is 1.35 bits per heavy atom. The second-order valence-corrected chi connectivity index (χ2v) is 4.55. The van der Waals surface area contributed by atoms with Crippen molar-refractivity contribution in [3.8, 4) is 0 Å². The normalized spacial score (nSPS) is 10.5. The van der Waals surface area contributed by atoms with Crippen LogP contribution in [-0.4, -0.2) is 17.4 Å². The van der Waals surface area contributed by atoms with Crippen LogP contribution in [-0.2, 0) is 17.6 Å². The highest BCUT2D eigenvalue weighted by Crippen LogP contribution is 2.06. The fourth-order valence-electron chi connectivity index (χ4n) is 1.89. The maximum Gasteiger partial charge on any atom is 0.220 e. The van der Waals surface area contributed by atoms with E-state index in [0.29, 0.717) is 37.3 Å². The van der Waals surface area contributed by atoms with Crippen molar-refractivity contribution in [3.05, 3.63) is 53.5 Å². The Labute approximate surface area is 117 Å². The number of amides is 1. The van der Waals surface area contributed by atoms with Crippen LogP contribution >= 0.6 is 0 Å². The Kier molecular flexibility index (Phi) is 4.87. The van der Waals surface area contributed by atoms with E-state index in [1.165, 1.54) is 6.07 Å². The molecule has 5 heteroatoms. The average Bonchev–Trinajstić information content (AvgIpc) is 2.84. The zero-order valence-corrected chi connectivity index (χ0v) is 11.4. The Morgan fingerprint density at radius 2 is 2.15 bits per heavy atom. The summed E-state index contributed by atoms with van der Waals surface area (Å²) in [5.41, 5.74) is 1.38. The van der Waals surface area contributed by atoms with Crippen molar-refractivity contribution in [3.63, 3.8) is 0 Å². The minimum absolute atomic E-state index is 0.0676. The van der Waals surface area contributed by atoms with E-state index < -0.39 is 0 Å². The summed E-state index contributed by atoms with van der Waals surface area (Å²) in [7, 11) is 0. The van der Waals surface area contributed by atoms with Gasteiger partial charge in [-0.2, -0.15) is 0 Å². The maximum absolute atomic E-state index is 13.4. The smallest absolute Gasteiger partial charge is 0.220 e. The lowest BCUT2D eigenvalue weighted by molar-refractivity contribution is -0.121. The molecule has 0 saturated heterocycles. The molecule has 0 aliphatic carbocycles. The molecule has 0 aliphatic heterocycles. The summed E-state index contributed by atoms with van der Waals surface area (Å²) >= 11 is 0. The SMILES string of the molecule is Cc1nc(CCC(=O)NCCc2ccccc2F)co1. The van der Waals surface area contributed by atoms with E-state index in [0.717, 1.165) is 5.69 Å². The number of hydrogen-bond acceptors (Lipinski definition) is 3. The van der Waals surface area contributed by atoms with E-state index in [2.05, 4.69) is 10.3 Å². The lowest BCUT2D eigenvalue weighted by Crippen LogP contribution is -2.26. The average molecular weight is 276 g/mol. The van der Waals surface area contributed by atoms with Crippen molar-refractivity contribution in [1.29, 1.82) is 0 Å². The minimum atomic E-state index is -0.236. The van der Waals surface area contributed by atoms with Crippen molar-refractivity contribution in [1.82, 2.24) is 10.3 Å². The number of nitrogens with one attached hydrogen (secondary N) is 1. The van der Waals surface area contributed by atoms with E-state index >= 15 is 0 Å². The fourth-order valence-corrected chi connectivity index (χ4v) is 1.89. The van der Waals surface area contributed by atoms with Gasteiger partial charge >= 0.3 is 0 Å². The molecule has 0 spiro atoms. The summed E-state index contributed by atoms with van der Waals surface area (Å²) in [6.45, 7) is 2.19. The number of benzene rings is 1. The van der Waals surface area contributed by atoms with Gasteiger partial charge in [-0.05, 0) is 18.1 Å². The summed E-state index contributed by atoms with van der Waals surface area (Å²) in [5.74, 6) is 0.293. The van der Waals surface area contributed by atoms with Gasteiger partial charge in [-0.3, -0.25) is 4.79 Å². The van der Waals surface area contributed by atoms with Gasteiger partial charge in [0.25, 0.3) is 0 Å². The Morgan fingerprint density at radius 3 is 2.85 bits per heavy atom. The number of aromatic nitrogens is 1. The van der Waals surface area contributed by atoms with Crippen LogP contribution in [0.2, 0.25) is 0 Å². The third-order valence-corrected chi connectivity index (χ3v) is 2.95. The van der Waals surface area contributed by atoms with Gasteiger partial charge in [-0.1, -0.05) is 18.2 Å². The number of hydrogen-bond donors (Lipinski definition) is 1. The number of aryl methyl sites for hydroxylation is 2. The molecule has 1 N–H and O–H groups in total. The molecule has 2 rings (SSSR count). The number of oxazole rings is 1. The monoisotopic (exact) mass is 276 g/mol. The second-order valence-electron chi connectivity index (χ2n) is 4.55. The summed E-state index contributed by atoms with van der Waals surface area (Å²) in [4.78, 5) is 15.8. The number of carbonyl (C=O) groups excluding carboxylic acids is 1. The van der Waals surface area contributed by atoms with E-state index in [-0.39, 0.29) is 11.7 Å². The van der Waals surface area contributed by atoms with Crippen molar-refractivity contribution in [2.45, 2.75) is 26.2 Å². The van der Waals surface area contributed by atoms with Gasteiger partial charge in [0, 0.05) is 26.3 Å². The van der Waals surface area contributed by atoms with Gasteiger partial charge in [-0.25, -0.2) is 9.37 Å². The first-order valence-electron chi connectivity index (χ1n) is 6.56. The quantitative estimate of drug-likeness (QED) is 0.881. The number of carbonyl (C=O) groups is 1. The largest absolute Gasteiger partial charge is 0.449 e. The molecule has 1 heterocycles. The summed E-state index contributed by atoms with van der Waals surface area (Å²) < 4.78 is 18.4. The highest BCUT2D eigenvalue weighted by atomic mass is 19.1. The van der Waals surface area contributed by atoms with Gasteiger partial charge in [0.05, 0.1) is 5.69 Å². The van der Waals surface area contributed by atoms with Crippen LogP contribution in [0.25, 0.3) is 0 Å². The zero-order chi connectivity index (χ0) is 14.4. The van der Waals surface area contributed by atoms with Gasteiger partial charge in [0.1, 0.15) is 12.1 Å². The summed E-state index contributed by atoms with van der Waals surface area (Å²) in [5, 5.41) is 2.77. The number of halogens is 1. The first-order chi connectivity index (χ1) is 9.65. The molecule has 1 aromatic heterocycles. The molecule has 0 bridgehead atoms. The van der Waals surface area contributed by atoms with E-state index in [1.807, 2.05) is 0 Å². The van der Waals surface area contributed by atoms with Crippen LogP contribution < -0.4 is 5.32 Å². The van der Waals surface area contributed by atoms with Crippen LogP contribution in [0.15, 0.2) is 34.9 Å². The van der Waals surface area contributed by atoms with E-state index in [1.54, 1.807) is 31.4 Å². The molecule has 4 nitrogen and oxygen atoms in total. The van der Waals surface area contributed by atoms with Gasteiger partial charge in [0.15, 0.2) is 5.89 Å². The Balaban J connectivity index is 1.69. The van der Waals surface area contributed by atoms with Crippen molar-refractivity contribution in [2.75, 3.05) is 6.54 Å². The first-order valence-corrected chi connectivity index (χ1v) is 6.56. The molecule has 2 aromatic rings. The predicted octanol–water partition coefficient (Wildman–Crippen LogP) is 2.41. The molecule has 0 fully saturated rings. The predicted molar refractivity (Wildman–Crippen MR) is 72.7 cm³/mol. The standard InChI is InChI=1S/C15H17FN2O2/c1-11-18-13(10-20-11)6-7-15(19)17-9-8-12-4-2-3-5-14(12)16/h2-5,10H,6-9H2,1H3,(H,17,19). The van der Waals surface area contributed by atoms with Gasteiger partial charge in [0.2, 0.25) is 5.91 Å². The molecule has 1 amide bonds.